The molecule has 1 spiro atoms. The number of pyridine rings is 1. The Hall–Kier alpha value is -4.58. The summed E-state index contributed by atoms with van der Waals surface area (Å²) in [7, 11) is 0. The summed E-state index contributed by atoms with van der Waals surface area (Å²) in [6.07, 6.45) is 8.77. The van der Waals surface area contributed by atoms with E-state index in [1.54, 1.807) is 0 Å². The van der Waals surface area contributed by atoms with Crippen LogP contribution in [-0.2, 0) is 11.3 Å². The number of nitrogens with zero attached hydrogens (tertiary/aromatic N) is 7. The largest absolute Gasteiger partial charge is 0.444 e. The Morgan fingerprint density at radius 2 is 1.88 bits per heavy atom. The Bertz CT molecular complexity index is 1660. The van der Waals surface area contributed by atoms with E-state index in [0.29, 0.717) is 12.2 Å². The predicted octanol–water partition coefficient (Wildman–Crippen LogP) is 5.76. The highest BCUT2D eigenvalue weighted by molar-refractivity contribution is 5.73. The zero-order valence-electron chi connectivity index (χ0n) is 23.0. The Morgan fingerprint density at radius 3 is 2.62 bits per heavy atom. The second kappa shape index (κ2) is 8.71. The van der Waals surface area contributed by atoms with E-state index in [9.17, 15) is 4.79 Å². The van der Waals surface area contributed by atoms with Gasteiger partial charge in [-0.3, -0.25) is 4.57 Å². The number of fused-ring (bicyclic) bond motifs is 5. The minimum absolute atomic E-state index is 0.105. The van der Waals surface area contributed by atoms with E-state index in [-0.39, 0.29) is 11.5 Å². The number of benzene rings is 1. The van der Waals surface area contributed by atoms with Crippen molar-refractivity contribution in [3.8, 4) is 28.3 Å². The number of hydrogen-bond acceptors (Lipinski definition) is 5. The molecule has 6 heterocycles. The van der Waals surface area contributed by atoms with Gasteiger partial charge in [-0.05, 0) is 44.9 Å². The molecule has 0 radical (unpaired) electrons. The van der Waals surface area contributed by atoms with Crippen molar-refractivity contribution in [2.24, 2.45) is 5.41 Å². The number of anilines is 1. The first kappa shape index (κ1) is 24.5. The van der Waals surface area contributed by atoms with Crippen molar-refractivity contribution in [1.29, 1.82) is 0 Å². The Kier molecular flexibility index (Phi) is 5.33. The molecule has 2 saturated heterocycles. The lowest BCUT2D eigenvalue weighted by molar-refractivity contribution is -0.0266. The average molecular weight is 534 g/mol. The van der Waals surface area contributed by atoms with Crippen molar-refractivity contribution in [1.82, 2.24) is 24.0 Å². The van der Waals surface area contributed by atoms with Gasteiger partial charge >= 0.3 is 6.09 Å². The van der Waals surface area contributed by atoms with Gasteiger partial charge in [0.2, 0.25) is 0 Å². The maximum Gasteiger partial charge on any atom is 0.410 e. The van der Waals surface area contributed by atoms with E-state index in [0.717, 1.165) is 66.8 Å². The molecule has 0 aliphatic carbocycles. The number of likely N-dealkylation sites (tertiary alicyclic amines) is 1. The van der Waals surface area contributed by atoms with Crippen molar-refractivity contribution in [3.63, 3.8) is 0 Å². The van der Waals surface area contributed by atoms with Crippen LogP contribution in [0.25, 0.3) is 33.2 Å². The molecule has 3 aliphatic heterocycles. The minimum Gasteiger partial charge on any atom is -0.444 e. The second-order valence-corrected chi connectivity index (χ2v) is 12.2. The van der Waals surface area contributed by atoms with E-state index in [2.05, 4.69) is 37.2 Å². The first-order chi connectivity index (χ1) is 19.2. The molecular weight excluding hydrogens is 502 g/mol. The molecule has 0 atom stereocenters. The van der Waals surface area contributed by atoms with Gasteiger partial charge < -0.3 is 19.1 Å². The van der Waals surface area contributed by atoms with Crippen LogP contribution in [0, 0.1) is 12.0 Å². The highest BCUT2D eigenvalue weighted by Crippen LogP contribution is 2.42. The van der Waals surface area contributed by atoms with Gasteiger partial charge in [0.15, 0.2) is 11.5 Å². The molecule has 3 aliphatic rings. The Labute approximate surface area is 233 Å². The van der Waals surface area contributed by atoms with Gasteiger partial charge in [-0.15, -0.1) is 0 Å². The molecule has 40 heavy (non-hydrogen) atoms. The van der Waals surface area contributed by atoms with Crippen LogP contribution in [-0.4, -0.2) is 61.9 Å². The van der Waals surface area contributed by atoms with Crippen molar-refractivity contribution in [3.05, 3.63) is 78.2 Å². The van der Waals surface area contributed by atoms with Gasteiger partial charge in [0.1, 0.15) is 11.4 Å². The van der Waals surface area contributed by atoms with Crippen molar-refractivity contribution < 1.29 is 9.53 Å². The van der Waals surface area contributed by atoms with Crippen LogP contribution < -0.4 is 4.90 Å². The summed E-state index contributed by atoms with van der Waals surface area (Å²) >= 11 is 0. The van der Waals surface area contributed by atoms with Crippen LogP contribution in [0.4, 0.5) is 16.3 Å². The summed E-state index contributed by atoms with van der Waals surface area (Å²) in [6.45, 7) is 16.9. The number of amides is 1. The smallest absolute Gasteiger partial charge is 0.410 e. The van der Waals surface area contributed by atoms with Crippen LogP contribution >= 0.6 is 0 Å². The van der Waals surface area contributed by atoms with Gasteiger partial charge in [-0.1, -0.05) is 24.3 Å². The van der Waals surface area contributed by atoms with E-state index < -0.39 is 5.60 Å². The number of rotatable bonds is 2. The molecule has 0 saturated carbocycles. The van der Waals surface area contributed by atoms with Crippen LogP contribution in [0.5, 0.6) is 0 Å². The maximum atomic E-state index is 12.5. The summed E-state index contributed by atoms with van der Waals surface area (Å²) in [6, 6.07) is 12.1. The SMILES string of the molecule is [C-]#[N+]c1ccc(-c2cc3n(c2)Cc2cc(N4CCC5(CN(C(=O)OC(C)(C)C)C5)C4)ncc2-n2ccnc2-3)cc1. The molecule has 2 fully saturated rings. The standard InChI is InChI=1S/C31H31N7O2/c1-30(2,3)40-29(39)37-19-31(20-37)9-11-35(18-31)27-14-23-17-36-16-22(21-5-7-24(32-4)8-6-21)13-25(36)28-33-10-12-38(28)26(23)15-34-27/h5-8,10,12-16H,9,11,17-20H2,1-3H3. The molecule has 9 nitrogen and oxygen atoms in total. The number of imidazole rings is 1. The molecule has 3 aromatic heterocycles. The number of carbonyl (C=O) groups is 1. The highest BCUT2D eigenvalue weighted by Gasteiger charge is 2.50. The maximum absolute atomic E-state index is 12.5. The fraction of sp³-hybridized carbons (Fsp3) is 0.355. The first-order valence-corrected chi connectivity index (χ1v) is 13.6. The minimum atomic E-state index is -0.480. The Morgan fingerprint density at radius 1 is 1.07 bits per heavy atom. The molecular formula is C31H31N7O2. The molecule has 7 rings (SSSR count). The molecule has 202 valence electrons. The quantitative estimate of drug-likeness (QED) is 0.270. The van der Waals surface area contributed by atoms with Crippen molar-refractivity contribution in [2.45, 2.75) is 39.3 Å². The lowest BCUT2D eigenvalue weighted by atomic mass is 9.79. The van der Waals surface area contributed by atoms with Crippen molar-refractivity contribution in [2.75, 3.05) is 31.1 Å². The molecule has 9 heteroatoms. The van der Waals surface area contributed by atoms with Crippen LogP contribution in [0.2, 0.25) is 0 Å². The highest BCUT2D eigenvalue weighted by atomic mass is 16.6. The van der Waals surface area contributed by atoms with Gasteiger partial charge in [0.25, 0.3) is 0 Å². The number of aromatic nitrogens is 4. The van der Waals surface area contributed by atoms with E-state index in [1.165, 1.54) is 5.56 Å². The lowest BCUT2D eigenvalue weighted by Gasteiger charge is -2.47. The average Bonchev–Trinajstić information content (AvgIpc) is 3.64. The van der Waals surface area contributed by atoms with Crippen molar-refractivity contribution >= 4 is 17.6 Å². The zero-order chi connectivity index (χ0) is 27.6. The number of carbonyl (C=O) groups excluding carboxylic acids is 1. The topological polar surface area (TPSA) is 72.8 Å². The van der Waals surface area contributed by atoms with Crippen LogP contribution in [0.1, 0.15) is 32.8 Å². The van der Waals surface area contributed by atoms with E-state index in [4.69, 9.17) is 21.3 Å². The summed E-state index contributed by atoms with van der Waals surface area (Å²) in [5.74, 6) is 1.85. The summed E-state index contributed by atoms with van der Waals surface area (Å²) in [4.78, 5) is 29.8. The lowest BCUT2D eigenvalue weighted by Crippen LogP contribution is -2.60. The third-order valence-corrected chi connectivity index (χ3v) is 8.11. The monoisotopic (exact) mass is 533 g/mol. The third kappa shape index (κ3) is 4.11. The summed E-state index contributed by atoms with van der Waals surface area (Å²) in [5, 5.41) is 0. The molecule has 1 amide bonds. The van der Waals surface area contributed by atoms with Gasteiger partial charge in [-0.2, -0.15) is 0 Å². The first-order valence-electron chi connectivity index (χ1n) is 13.6. The van der Waals surface area contributed by atoms with Crippen LogP contribution in [0.15, 0.2) is 61.2 Å². The molecule has 0 N–H and O–H groups in total. The molecule has 4 aromatic rings. The van der Waals surface area contributed by atoms with Crippen LogP contribution in [0.3, 0.4) is 0 Å². The van der Waals surface area contributed by atoms with Gasteiger partial charge in [0, 0.05) is 67.9 Å². The van der Waals surface area contributed by atoms with Gasteiger partial charge in [-0.25, -0.2) is 19.6 Å². The predicted molar refractivity (Wildman–Crippen MR) is 153 cm³/mol. The zero-order valence-corrected chi connectivity index (χ0v) is 23.0. The molecule has 0 bridgehead atoms. The van der Waals surface area contributed by atoms with Gasteiger partial charge in [0.05, 0.1) is 24.2 Å². The number of ether oxygens (including phenoxy) is 1. The fourth-order valence-corrected chi connectivity index (χ4v) is 6.19. The molecule has 0 unspecified atom stereocenters. The fourth-order valence-electron chi connectivity index (χ4n) is 6.19. The summed E-state index contributed by atoms with van der Waals surface area (Å²) in [5.41, 5.74) is 5.70. The Balaban J connectivity index is 1.14. The van der Waals surface area contributed by atoms with E-state index >= 15 is 0 Å². The third-order valence-electron chi connectivity index (χ3n) is 8.11. The summed E-state index contributed by atoms with van der Waals surface area (Å²) < 4.78 is 9.93. The number of hydrogen-bond donors (Lipinski definition) is 0. The molecule has 1 aromatic carbocycles. The van der Waals surface area contributed by atoms with E-state index in [1.807, 2.05) is 68.5 Å². The second-order valence-electron chi connectivity index (χ2n) is 12.2. The normalized spacial score (nSPS) is 16.9.